The van der Waals surface area contributed by atoms with Gasteiger partial charge < -0.3 is 15.7 Å². The van der Waals surface area contributed by atoms with Crippen LogP contribution in [-0.2, 0) is 0 Å². The molecule has 1 rings (SSSR count). The van der Waals surface area contributed by atoms with Gasteiger partial charge in [-0.25, -0.2) is 0 Å². The van der Waals surface area contributed by atoms with Gasteiger partial charge in [0.15, 0.2) is 0 Å². The maximum absolute atomic E-state index is 10.5. The van der Waals surface area contributed by atoms with Crippen molar-refractivity contribution >= 4 is 9.39 Å². The van der Waals surface area contributed by atoms with E-state index in [4.69, 9.17) is 5.73 Å². The molecule has 2 unspecified atom stereocenters. The van der Waals surface area contributed by atoms with Gasteiger partial charge in [-0.15, -0.1) is 0 Å². The van der Waals surface area contributed by atoms with Gasteiger partial charge >= 0.3 is 0 Å². The average molecular weight is 273 g/mol. The molecule has 0 saturated heterocycles. The molecule has 0 heterocycles. The molecule has 0 aromatic rings. The second-order valence-corrected chi connectivity index (χ2v) is 5.53. The minimum absolute atomic E-state index is 0.0621. The van der Waals surface area contributed by atoms with Crippen LogP contribution in [0.2, 0.25) is 0 Å². The lowest BCUT2D eigenvalue weighted by Crippen LogP contribution is -2.50. The summed E-state index contributed by atoms with van der Waals surface area (Å²) in [5, 5.41) is 13.7. The van der Waals surface area contributed by atoms with E-state index in [1.165, 1.54) is 0 Å². The highest BCUT2D eigenvalue weighted by Crippen LogP contribution is 2.28. The van der Waals surface area contributed by atoms with Crippen LogP contribution >= 0.6 is 9.39 Å². The zero-order valence-electron chi connectivity index (χ0n) is 11.4. The lowest BCUT2D eigenvalue weighted by molar-refractivity contribution is -0.0104. The number of hydrogen-bond donors (Lipinski definition) is 3. The third kappa shape index (κ3) is 4.20. The highest BCUT2D eigenvalue weighted by atomic mass is 31.0. The smallest absolute Gasteiger partial charge is 0.142 e. The summed E-state index contributed by atoms with van der Waals surface area (Å²) in [6.07, 6.45) is 6.51. The molecule has 0 aromatic heterocycles. The highest BCUT2D eigenvalue weighted by Gasteiger charge is 2.32. The summed E-state index contributed by atoms with van der Waals surface area (Å²) in [5.74, 6) is 0.483. The number of rotatable bonds is 7. The number of nitrogens with one attached hydrogen (secondary N) is 1. The van der Waals surface area contributed by atoms with Crippen molar-refractivity contribution in [1.29, 1.82) is 0 Å². The summed E-state index contributed by atoms with van der Waals surface area (Å²) < 4.78 is 0. The minimum Gasteiger partial charge on any atom is -0.372 e. The summed E-state index contributed by atoms with van der Waals surface area (Å²) in [7, 11) is 2.54. The first-order chi connectivity index (χ1) is 8.63. The average Bonchev–Trinajstić information content (AvgIpc) is 2.38. The number of hydrogen-bond acceptors (Lipinski definition) is 4. The van der Waals surface area contributed by atoms with Gasteiger partial charge in [-0.2, -0.15) is 0 Å². The van der Waals surface area contributed by atoms with Gasteiger partial charge in [-0.1, -0.05) is 22.9 Å². The molecule has 0 aromatic carbocycles. The van der Waals surface area contributed by atoms with Crippen molar-refractivity contribution in [3.8, 4) is 0 Å². The van der Waals surface area contributed by atoms with Crippen molar-refractivity contribution in [3.05, 3.63) is 12.8 Å². The Bertz CT molecular complexity index is 244. The van der Waals surface area contributed by atoms with Crippen molar-refractivity contribution < 1.29 is 5.11 Å². The fraction of sp³-hybridized carbons (Fsp3) is 0.846. The van der Waals surface area contributed by atoms with Crippen LogP contribution in [0.1, 0.15) is 39.0 Å². The fourth-order valence-electron chi connectivity index (χ4n) is 2.77. The van der Waals surface area contributed by atoms with Crippen molar-refractivity contribution in [1.82, 2.24) is 9.99 Å². The van der Waals surface area contributed by atoms with Crippen LogP contribution in [-0.4, -0.2) is 34.9 Å². The molecule has 0 aliphatic heterocycles. The Kier molecular flexibility index (Phi) is 7.16. The SMILES string of the molecule is C=CN(CCC)C(O)[C@@H](NP)C1CCC(N)CC1. The molecule has 5 heteroatoms. The van der Waals surface area contributed by atoms with E-state index in [0.717, 1.165) is 38.6 Å². The maximum atomic E-state index is 10.5. The van der Waals surface area contributed by atoms with Gasteiger partial charge in [0.2, 0.25) is 0 Å². The second kappa shape index (κ2) is 8.11. The first-order valence-electron chi connectivity index (χ1n) is 6.92. The third-order valence-corrected chi connectivity index (χ3v) is 4.28. The molecule has 1 aliphatic carbocycles. The van der Waals surface area contributed by atoms with Gasteiger partial charge in [0, 0.05) is 12.6 Å². The Balaban J connectivity index is 2.60. The molecule has 1 saturated carbocycles. The topological polar surface area (TPSA) is 61.5 Å². The first-order valence-corrected chi connectivity index (χ1v) is 7.49. The molecule has 4 N–H and O–H groups in total. The number of nitrogens with zero attached hydrogens (tertiary/aromatic N) is 1. The predicted octanol–water partition coefficient (Wildman–Crippen LogP) is 1.43. The predicted molar refractivity (Wildman–Crippen MR) is 79.8 cm³/mol. The molecular formula is C13H28N3OP. The van der Waals surface area contributed by atoms with Crippen molar-refractivity contribution in [2.75, 3.05) is 6.54 Å². The van der Waals surface area contributed by atoms with Crippen LogP contribution in [0.4, 0.5) is 0 Å². The quantitative estimate of drug-likeness (QED) is 0.485. The molecule has 0 bridgehead atoms. The van der Waals surface area contributed by atoms with E-state index >= 15 is 0 Å². The Labute approximate surface area is 113 Å². The number of aliphatic hydroxyl groups excluding tert-OH is 1. The Morgan fingerprint density at radius 3 is 2.56 bits per heavy atom. The zero-order valence-corrected chi connectivity index (χ0v) is 12.5. The summed E-state index contributed by atoms with van der Waals surface area (Å²) in [6.45, 7) is 6.72. The largest absolute Gasteiger partial charge is 0.372 e. The Morgan fingerprint density at radius 2 is 2.11 bits per heavy atom. The summed E-state index contributed by atoms with van der Waals surface area (Å²) in [5.41, 5.74) is 5.93. The fourth-order valence-corrected chi connectivity index (χ4v) is 3.21. The monoisotopic (exact) mass is 273 g/mol. The lowest BCUT2D eigenvalue weighted by atomic mass is 9.81. The third-order valence-electron chi connectivity index (χ3n) is 3.89. The maximum Gasteiger partial charge on any atom is 0.142 e. The van der Waals surface area contributed by atoms with Gasteiger partial charge in [-0.05, 0) is 44.2 Å². The summed E-state index contributed by atoms with van der Waals surface area (Å²) in [4.78, 5) is 1.91. The molecule has 0 radical (unpaired) electrons. The molecule has 18 heavy (non-hydrogen) atoms. The summed E-state index contributed by atoms with van der Waals surface area (Å²) >= 11 is 0. The first kappa shape index (κ1) is 15.9. The van der Waals surface area contributed by atoms with Crippen LogP contribution in [0.15, 0.2) is 12.8 Å². The van der Waals surface area contributed by atoms with Crippen molar-refractivity contribution in [3.63, 3.8) is 0 Å². The van der Waals surface area contributed by atoms with E-state index in [1.807, 2.05) is 4.90 Å². The minimum atomic E-state index is -0.515. The van der Waals surface area contributed by atoms with Crippen LogP contribution in [0, 0.1) is 5.92 Å². The second-order valence-electron chi connectivity index (χ2n) is 5.20. The van der Waals surface area contributed by atoms with E-state index in [-0.39, 0.29) is 6.04 Å². The van der Waals surface area contributed by atoms with Crippen LogP contribution in [0.5, 0.6) is 0 Å². The van der Waals surface area contributed by atoms with Crippen LogP contribution < -0.4 is 10.8 Å². The molecule has 0 amide bonds. The molecule has 1 aliphatic rings. The molecule has 4 nitrogen and oxygen atoms in total. The molecular weight excluding hydrogens is 245 g/mol. The van der Waals surface area contributed by atoms with Crippen molar-refractivity contribution in [2.24, 2.45) is 11.7 Å². The normalized spacial score (nSPS) is 27.6. The number of aliphatic hydroxyl groups is 1. The highest BCUT2D eigenvalue weighted by molar-refractivity contribution is 7.13. The van der Waals surface area contributed by atoms with Crippen LogP contribution in [0.3, 0.4) is 0 Å². The molecule has 1 fully saturated rings. The van der Waals surface area contributed by atoms with Crippen LogP contribution in [0.25, 0.3) is 0 Å². The standard InChI is InChI=1S/C13H28N3OP/c1-3-9-16(4-2)13(17)12(15-18)10-5-7-11(14)8-6-10/h4,10-13,15,17H,2-3,5-9,14,18H2,1H3/t10?,11?,12-,13?/m0/s1. The van der Waals surface area contributed by atoms with Gasteiger partial charge in [0.25, 0.3) is 0 Å². The lowest BCUT2D eigenvalue weighted by Gasteiger charge is -2.39. The van der Waals surface area contributed by atoms with E-state index < -0.39 is 6.23 Å². The molecule has 106 valence electrons. The summed E-state index contributed by atoms with van der Waals surface area (Å²) in [6, 6.07) is 0.404. The van der Waals surface area contributed by atoms with E-state index in [1.54, 1.807) is 6.20 Å². The van der Waals surface area contributed by atoms with E-state index in [0.29, 0.717) is 12.0 Å². The van der Waals surface area contributed by atoms with Gasteiger partial charge in [0.1, 0.15) is 6.23 Å². The molecule has 3 atom stereocenters. The Morgan fingerprint density at radius 1 is 1.50 bits per heavy atom. The molecule has 0 spiro atoms. The zero-order chi connectivity index (χ0) is 13.5. The Hall–Kier alpha value is -0.150. The number of nitrogens with two attached hydrogens (primary N) is 1. The van der Waals surface area contributed by atoms with Crippen molar-refractivity contribution in [2.45, 2.75) is 57.3 Å². The van der Waals surface area contributed by atoms with Gasteiger partial charge in [0.05, 0.1) is 6.04 Å². The van der Waals surface area contributed by atoms with Gasteiger partial charge in [-0.3, -0.25) is 5.09 Å². The van der Waals surface area contributed by atoms with E-state index in [9.17, 15) is 5.11 Å². The van der Waals surface area contributed by atoms with E-state index in [2.05, 4.69) is 28.0 Å².